The lowest BCUT2D eigenvalue weighted by Crippen LogP contribution is -2.35. The van der Waals surface area contributed by atoms with Crippen molar-refractivity contribution in [3.63, 3.8) is 0 Å². The van der Waals surface area contributed by atoms with E-state index in [0.29, 0.717) is 18.0 Å². The summed E-state index contributed by atoms with van der Waals surface area (Å²) in [5.74, 6) is 0. The van der Waals surface area contributed by atoms with E-state index in [-0.39, 0.29) is 6.04 Å². The van der Waals surface area contributed by atoms with Gasteiger partial charge < -0.3 is 5.73 Å². The number of nitrogens with two attached hydrogens (primary N) is 1. The molecule has 2 aliphatic carbocycles. The molecule has 0 radical (unpaired) electrons. The molecule has 1 fully saturated rings. The van der Waals surface area contributed by atoms with Crippen LogP contribution >= 0.6 is 0 Å². The van der Waals surface area contributed by atoms with E-state index in [0.717, 1.165) is 38.5 Å². The number of rotatable bonds is 6. The monoisotopic (exact) mass is 294 g/mol. The molecule has 1 saturated carbocycles. The molecule has 20 heavy (non-hydrogen) atoms. The van der Waals surface area contributed by atoms with Crippen molar-refractivity contribution in [2.24, 2.45) is 5.73 Å². The molecule has 0 heterocycles. The van der Waals surface area contributed by atoms with E-state index in [9.17, 15) is 8.42 Å². The van der Waals surface area contributed by atoms with E-state index in [1.54, 1.807) is 10.4 Å². The van der Waals surface area contributed by atoms with E-state index in [2.05, 4.69) is 0 Å². The highest BCUT2D eigenvalue weighted by Gasteiger charge is 2.37. The normalized spacial score (nSPS) is 18.5. The summed E-state index contributed by atoms with van der Waals surface area (Å²) >= 11 is 0. The maximum Gasteiger partial charge on any atom is 0.243 e. The van der Waals surface area contributed by atoms with E-state index in [1.807, 2.05) is 12.1 Å². The van der Waals surface area contributed by atoms with Gasteiger partial charge in [-0.2, -0.15) is 4.31 Å². The zero-order valence-corrected chi connectivity index (χ0v) is 12.5. The fraction of sp³-hybridized carbons (Fsp3) is 0.600. The molecule has 110 valence electrons. The van der Waals surface area contributed by atoms with Crippen LogP contribution in [0.2, 0.25) is 0 Å². The average Bonchev–Trinajstić information content (AvgIpc) is 3.15. The van der Waals surface area contributed by atoms with E-state index >= 15 is 0 Å². The second kappa shape index (κ2) is 5.47. The predicted octanol–water partition coefficient (Wildman–Crippen LogP) is 1.68. The third-order valence-electron chi connectivity index (χ3n) is 4.21. The highest BCUT2D eigenvalue weighted by molar-refractivity contribution is 7.89. The second-order valence-electron chi connectivity index (χ2n) is 5.77. The molecule has 2 aliphatic rings. The highest BCUT2D eigenvalue weighted by atomic mass is 32.2. The van der Waals surface area contributed by atoms with Crippen LogP contribution in [-0.4, -0.2) is 31.9 Å². The summed E-state index contributed by atoms with van der Waals surface area (Å²) in [6.45, 7) is 1.07. The van der Waals surface area contributed by atoms with Crippen molar-refractivity contribution in [1.29, 1.82) is 0 Å². The number of nitrogens with zero attached hydrogens (tertiary/aromatic N) is 1. The Balaban J connectivity index is 1.89. The SMILES string of the molecule is NCCCN(C1CC1)S(=O)(=O)c1ccc2c(c1)CCC2. The Morgan fingerprint density at radius 3 is 2.65 bits per heavy atom. The Morgan fingerprint density at radius 1 is 1.20 bits per heavy atom. The smallest absolute Gasteiger partial charge is 0.243 e. The minimum absolute atomic E-state index is 0.194. The van der Waals surface area contributed by atoms with Gasteiger partial charge in [0.15, 0.2) is 0 Å². The van der Waals surface area contributed by atoms with Gasteiger partial charge in [0.1, 0.15) is 0 Å². The maximum atomic E-state index is 12.8. The van der Waals surface area contributed by atoms with Crippen LogP contribution in [0.15, 0.2) is 23.1 Å². The van der Waals surface area contributed by atoms with Crippen LogP contribution in [0.5, 0.6) is 0 Å². The Kier molecular flexibility index (Phi) is 3.84. The van der Waals surface area contributed by atoms with Gasteiger partial charge in [0, 0.05) is 12.6 Å². The average molecular weight is 294 g/mol. The Labute approximate surface area is 121 Å². The van der Waals surface area contributed by atoms with E-state index in [1.165, 1.54) is 11.1 Å². The van der Waals surface area contributed by atoms with Gasteiger partial charge in [0.2, 0.25) is 10.0 Å². The number of aryl methyl sites for hydroxylation is 2. The highest BCUT2D eigenvalue weighted by Crippen LogP contribution is 2.33. The van der Waals surface area contributed by atoms with Crippen LogP contribution in [0.4, 0.5) is 0 Å². The van der Waals surface area contributed by atoms with Gasteiger partial charge in [-0.25, -0.2) is 8.42 Å². The molecule has 0 unspecified atom stereocenters. The Bertz CT molecular complexity index is 594. The molecule has 0 spiro atoms. The molecular weight excluding hydrogens is 272 g/mol. The molecule has 5 heteroatoms. The molecule has 2 N–H and O–H groups in total. The van der Waals surface area contributed by atoms with E-state index in [4.69, 9.17) is 5.73 Å². The topological polar surface area (TPSA) is 63.4 Å². The first-order valence-corrected chi connectivity index (χ1v) is 8.90. The Morgan fingerprint density at radius 2 is 1.95 bits per heavy atom. The van der Waals surface area contributed by atoms with Crippen LogP contribution in [0, 0.1) is 0 Å². The summed E-state index contributed by atoms with van der Waals surface area (Å²) in [5.41, 5.74) is 8.05. The second-order valence-corrected chi connectivity index (χ2v) is 7.66. The molecule has 3 rings (SSSR count). The lowest BCUT2D eigenvalue weighted by molar-refractivity contribution is 0.399. The largest absolute Gasteiger partial charge is 0.330 e. The summed E-state index contributed by atoms with van der Waals surface area (Å²) in [6.07, 6.45) is 5.91. The van der Waals surface area contributed by atoms with Crippen LogP contribution in [0.25, 0.3) is 0 Å². The van der Waals surface area contributed by atoms with Gasteiger partial charge in [-0.1, -0.05) is 6.07 Å². The lowest BCUT2D eigenvalue weighted by atomic mass is 10.1. The van der Waals surface area contributed by atoms with Crippen molar-refractivity contribution < 1.29 is 8.42 Å². The molecule has 1 aromatic rings. The van der Waals surface area contributed by atoms with Crippen molar-refractivity contribution in [2.75, 3.05) is 13.1 Å². The first-order valence-electron chi connectivity index (χ1n) is 7.46. The molecule has 0 saturated heterocycles. The molecule has 0 aliphatic heterocycles. The maximum absolute atomic E-state index is 12.8. The summed E-state index contributed by atoms with van der Waals surface area (Å²) in [4.78, 5) is 0.460. The number of benzene rings is 1. The van der Waals surface area contributed by atoms with Gasteiger partial charge in [0.05, 0.1) is 4.90 Å². The number of hydrogen-bond acceptors (Lipinski definition) is 3. The summed E-state index contributed by atoms with van der Waals surface area (Å²) in [6, 6.07) is 5.84. The minimum Gasteiger partial charge on any atom is -0.330 e. The van der Waals surface area contributed by atoms with Gasteiger partial charge >= 0.3 is 0 Å². The minimum atomic E-state index is -3.35. The summed E-state index contributed by atoms with van der Waals surface area (Å²) in [5, 5.41) is 0. The fourth-order valence-electron chi connectivity index (χ4n) is 2.95. The summed E-state index contributed by atoms with van der Waals surface area (Å²) in [7, 11) is -3.35. The molecule has 0 atom stereocenters. The van der Waals surface area contributed by atoms with Crippen molar-refractivity contribution in [3.8, 4) is 0 Å². The van der Waals surface area contributed by atoms with Crippen molar-refractivity contribution in [2.45, 2.75) is 49.5 Å². The van der Waals surface area contributed by atoms with Crippen LogP contribution in [-0.2, 0) is 22.9 Å². The Hall–Kier alpha value is -0.910. The molecule has 0 bridgehead atoms. The van der Waals surface area contributed by atoms with Crippen LogP contribution in [0.3, 0.4) is 0 Å². The van der Waals surface area contributed by atoms with Crippen molar-refractivity contribution in [3.05, 3.63) is 29.3 Å². The van der Waals surface area contributed by atoms with Gasteiger partial charge in [-0.3, -0.25) is 0 Å². The van der Waals surface area contributed by atoms with Crippen LogP contribution in [0.1, 0.15) is 36.8 Å². The molecule has 4 nitrogen and oxygen atoms in total. The first kappa shape index (κ1) is 14.0. The quantitative estimate of drug-likeness (QED) is 0.868. The predicted molar refractivity (Wildman–Crippen MR) is 79.1 cm³/mol. The third-order valence-corrected chi connectivity index (χ3v) is 6.16. The number of hydrogen-bond donors (Lipinski definition) is 1. The summed E-state index contributed by atoms with van der Waals surface area (Å²) < 4.78 is 27.3. The van der Waals surface area contributed by atoms with E-state index < -0.39 is 10.0 Å². The molecular formula is C15H22N2O2S. The van der Waals surface area contributed by atoms with Crippen molar-refractivity contribution >= 4 is 10.0 Å². The number of sulfonamides is 1. The van der Waals surface area contributed by atoms with Crippen molar-refractivity contribution in [1.82, 2.24) is 4.31 Å². The molecule has 0 amide bonds. The zero-order chi connectivity index (χ0) is 14.2. The third kappa shape index (κ3) is 2.62. The van der Waals surface area contributed by atoms with Gasteiger partial charge in [0.25, 0.3) is 0 Å². The fourth-order valence-corrected chi connectivity index (χ4v) is 4.73. The number of fused-ring (bicyclic) bond motifs is 1. The first-order chi connectivity index (χ1) is 9.63. The zero-order valence-electron chi connectivity index (χ0n) is 11.7. The lowest BCUT2D eigenvalue weighted by Gasteiger charge is -2.22. The molecule has 1 aromatic carbocycles. The van der Waals surface area contributed by atoms with Crippen LogP contribution < -0.4 is 5.73 Å². The van der Waals surface area contributed by atoms with Gasteiger partial charge in [-0.05, 0) is 68.3 Å². The standard InChI is InChI=1S/C15H22N2O2S/c16-9-2-10-17(14-6-7-14)20(18,19)15-8-5-12-3-1-4-13(12)11-15/h5,8,11,14H,1-4,6-7,9-10,16H2. The molecule has 0 aromatic heterocycles. The van der Waals surface area contributed by atoms with Gasteiger partial charge in [-0.15, -0.1) is 0 Å².